The molecule has 0 aliphatic heterocycles. The molecule has 0 aliphatic carbocycles. The monoisotopic (exact) mass is 232 g/mol. The fraction of sp³-hybridized carbons (Fsp3) is 1.00. The molecule has 10 heavy (non-hydrogen) atoms. The average molecular weight is 232 g/mol. The van der Waals surface area contributed by atoms with Gasteiger partial charge in [-0.25, -0.2) is 0 Å². The highest BCUT2D eigenvalue weighted by Gasteiger charge is 1.88. The Morgan fingerprint density at radius 3 is 2.00 bits per heavy atom. The van der Waals surface area contributed by atoms with Crippen LogP contribution < -0.4 is 0 Å². The Morgan fingerprint density at radius 1 is 0.800 bits per heavy atom. The highest BCUT2D eigenvalue weighted by atomic mass is 33.1. The summed E-state index contributed by atoms with van der Waals surface area (Å²) in [6.45, 7) is 0. The smallest absolute Gasteiger partial charge is 0.0504 e. The van der Waals surface area contributed by atoms with Crippen LogP contribution in [0.3, 0.4) is 0 Å². The zero-order chi connectivity index (χ0) is 7.66. The van der Waals surface area contributed by atoms with Gasteiger partial charge in [-0.15, -0.1) is 11.8 Å². The summed E-state index contributed by atoms with van der Waals surface area (Å²) in [5, 5.41) is 3.67. The Morgan fingerprint density at radius 2 is 1.40 bits per heavy atom. The summed E-state index contributed by atoms with van der Waals surface area (Å²) in [7, 11) is 3.92. The molecule has 0 aliphatic rings. The summed E-state index contributed by atoms with van der Waals surface area (Å²) < 4.78 is 0. The molecule has 0 saturated carbocycles. The molecule has 0 nitrogen and oxygen atoms in total. The Labute approximate surface area is 84.2 Å². The molecular formula is C5H12S5. The normalized spacial score (nSPS) is 10.2. The van der Waals surface area contributed by atoms with E-state index in [1.165, 1.54) is 15.3 Å². The lowest BCUT2D eigenvalue weighted by Crippen LogP contribution is -1.69. The maximum absolute atomic E-state index is 2.15. The first-order valence-electron chi connectivity index (χ1n) is 2.72. The summed E-state index contributed by atoms with van der Waals surface area (Å²) in [5.74, 6) is 0. The summed E-state index contributed by atoms with van der Waals surface area (Å²) in [5.41, 5.74) is 0. The molecule has 0 N–H and O–H groups in total. The third kappa shape index (κ3) is 9.75. The van der Waals surface area contributed by atoms with Gasteiger partial charge in [0.15, 0.2) is 0 Å². The Bertz CT molecular complexity index is 50.0. The van der Waals surface area contributed by atoms with Crippen LogP contribution in [0.25, 0.3) is 0 Å². The SMILES string of the molecule is CSCSCSSCSC. The van der Waals surface area contributed by atoms with Crippen LogP contribution in [0.15, 0.2) is 0 Å². The molecule has 0 saturated heterocycles. The van der Waals surface area contributed by atoms with E-state index in [4.69, 9.17) is 0 Å². The van der Waals surface area contributed by atoms with E-state index in [-0.39, 0.29) is 0 Å². The van der Waals surface area contributed by atoms with Crippen molar-refractivity contribution in [3.63, 3.8) is 0 Å². The lowest BCUT2D eigenvalue weighted by molar-refractivity contribution is 2.15. The molecule has 0 aromatic heterocycles. The third-order valence-electron chi connectivity index (χ3n) is 0.582. The zero-order valence-corrected chi connectivity index (χ0v) is 10.2. The predicted octanol–water partition coefficient (Wildman–Crippen LogP) is 3.70. The number of thioether (sulfide) groups is 3. The quantitative estimate of drug-likeness (QED) is 0.372. The van der Waals surface area contributed by atoms with Crippen LogP contribution in [0.1, 0.15) is 0 Å². The molecule has 0 heterocycles. The van der Waals surface area contributed by atoms with Crippen molar-refractivity contribution in [3.8, 4) is 0 Å². The summed E-state index contributed by atoms with van der Waals surface area (Å²) in [6, 6.07) is 0. The Balaban J connectivity index is 2.65. The van der Waals surface area contributed by atoms with Gasteiger partial charge in [-0.1, -0.05) is 21.6 Å². The van der Waals surface area contributed by atoms with E-state index in [1.807, 2.05) is 56.9 Å². The minimum atomic E-state index is 1.21. The van der Waals surface area contributed by atoms with E-state index >= 15 is 0 Å². The van der Waals surface area contributed by atoms with Crippen LogP contribution in [-0.2, 0) is 0 Å². The van der Waals surface area contributed by atoms with Crippen molar-refractivity contribution < 1.29 is 0 Å². The van der Waals surface area contributed by atoms with Crippen molar-refractivity contribution >= 4 is 56.9 Å². The Kier molecular flexibility index (Phi) is 12.6. The van der Waals surface area contributed by atoms with Gasteiger partial charge in [-0.2, -0.15) is 23.5 Å². The zero-order valence-electron chi connectivity index (χ0n) is 6.16. The molecule has 62 valence electrons. The topological polar surface area (TPSA) is 0 Å². The third-order valence-corrected chi connectivity index (χ3v) is 6.97. The lowest BCUT2D eigenvalue weighted by Gasteiger charge is -1.97. The molecule has 0 aromatic rings. The Hall–Kier alpha value is 1.75. The van der Waals surface area contributed by atoms with Crippen LogP contribution >= 0.6 is 56.9 Å². The minimum Gasteiger partial charge on any atom is -0.154 e. The summed E-state index contributed by atoms with van der Waals surface area (Å²) in [6.07, 6.45) is 4.29. The first-order valence-corrected chi connectivity index (χ1v) is 9.15. The van der Waals surface area contributed by atoms with Crippen molar-refractivity contribution in [2.75, 3.05) is 27.8 Å². The van der Waals surface area contributed by atoms with Gasteiger partial charge in [-0.3, -0.25) is 0 Å². The number of hydrogen-bond acceptors (Lipinski definition) is 5. The second kappa shape index (κ2) is 10.8. The van der Waals surface area contributed by atoms with Crippen LogP contribution in [0.5, 0.6) is 0 Å². The highest BCUT2D eigenvalue weighted by molar-refractivity contribution is 8.79. The second-order valence-electron chi connectivity index (χ2n) is 1.37. The molecule has 0 aromatic carbocycles. The number of rotatable bonds is 7. The molecule has 0 radical (unpaired) electrons. The van der Waals surface area contributed by atoms with E-state index in [2.05, 4.69) is 12.5 Å². The van der Waals surface area contributed by atoms with Crippen LogP contribution in [-0.4, -0.2) is 27.8 Å². The fourth-order valence-electron chi connectivity index (χ4n) is 0.268. The fourth-order valence-corrected chi connectivity index (χ4v) is 5.72. The van der Waals surface area contributed by atoms with Crippen molar-refractivity contribution in [1.29, 1.82) is 0 Å². The van der Waals surface area contributed by atoms with Gasteiger partial charge in [0.2, 0.25) is 0 Å². The average Bonchev–Trinajstić information content (AvgIpc) is 1.97. The van der Waals surface area contributed by atoms with Gasteiger partial charge in [0.1, 0.15) is 0 Å². The maximum Gasteiger partial charge on any atom is 0.0504 e. The van der Waals surface area contributed by atoms with Crippen LogP contribution in [0.4, 0.5) is 0 Å². The highest BCUT2D eigenvalue weighted by Crippen LogP contribution is 2.28. The van der Waals surface area contributed by atoms with E-state index in [0.717, 1.165) is 0 Å². The van der Waals surface area contributed by atoms with E-state index in [1.54, 1.807) is 0 Å². The van der Waals surface area contributed by atoms with E-state index in [9.17, 15) is 0 Å². The molecular weight excluding hydrogens is 220 g/mol. The van der Waals surface area contributed by atoms with Gasteiger partial charge in [-0.05, 0) is 12.5 Å². The summed E-state index contributed by atoms with van der Waals surface area (Å²) >= 11 is 5.79. The largest absolute Gasteiger partial charge is 0.154 e. The second-order valence-corrected chi connectivity index (χ2v) is 7.65. The van der Waals surface area contributed by atoms with Crippen molar-refractivity contribution in [1.82, 2.24) is 0 Å². The molecule has 0 atom stereocenters. The van der Waals surface area contributed by atoms with Gasteiger partial charge < -0.3 is 0 Å². The number of hydrogen-bond donors (Lipinski definition) is 0. The first-order chi connectivity index (χ1) is 4.91. The molecule has 0 amide bonds. The van der Waals surface area contributed by atoms with E-state index < -0.39 is 0 Å². The molecule has 0 rings (SSSR count). The van der Waals surface area contributed by atoms with Gasteiger partial charge in [0.25, 0.3) is 0 Å². The first kappa shape index (κ1) is 11.8. The van der Waals surface area contributed by atoms with Crippen molar-refractivity contribution in [2.45, 2.75) is 0 Å². The molecule has 0 fully saturated rings. The van der Waals surface area contributed by atoms with Crippen molar-refractivity contribution in [2.24, 2.45) is 0 Å². The molecule has 0 spiro atoms. The lowest BCUT2D eigenvalue weighted by atomic mass is 11.9. The predicted molar refractivity (Wildman–Crippen MR) is 64.4 cm³/mol. The van der Waals surface area contributed by atoms with Gasteiger partial charge >= 0.3 is 0 Å². The van der Waals surface area contributed by atoms with Gasteiger partial charge in [0, 0.05) is 10.2 Å². The van der Waals surface area contributed by atoms with Crippen molar-refractivity contribution in [3.05, 3.63) is 0 Å². The van der Waals surface area contributed by atoms with Crippen LogP contribution in [0, 0.1) is 0 Å². The van der Waals surface area contributed by atoms with Gasteiger partial charge in [0.05, 0.1) is 5.08 Å². The standard InChI is InChI=1S/C5H12S5/c1-6-3-8-5-10-9-4-7-2/h3-5H2,1-2H3. The van der Waals surface area contributed by atoms with Crippen LogP contribution in [0.2, 0.25) is 0 Å². The minimum absolute atomic E-state index is 1.21. The maximum atomic E-state index is 2.15. The molecule has 0 unspecified atom stereocenters. The molecule has 0 bridgehead atoms. The summed E-state index contributed by atoms with van der Waals surface area (Å²) in [4.78, 5) is 0. The molecule has 5 heteroatoms. The van der Waals surface area contributed by atoms with E-state index in [0.29, 0.717) is 0 Å².